The van der Waals surface area contributed by atoms with Gasteiger partial charge in [0.15, 0.2) is 11.6 Å². The van der Waals surface area contributed by atoms with Crippen molar-refractivity contribution in [1.82, 2.24) is 4.98 Å². The number of halogens is 1. The minimum absolute atomic E-state index is 0.272. The van der Waals surface area contributed by atoms with Crippen LogP contribution in [0.4, 0.5) is 10.2 Å². The molecule has 0 bridgehead atoms. The zero-order valence-corrected chi connectivity index (χ0v) is 9.26. The van der Waals surface area contributed by atoms with Crippen LogP contribution in [0, 0.1) is 5.82 Å². The molecule has 0 amide bonds. The maximum absolute atomic E-state index is 13.2. The molecule has 1 aromatic heterocycles. The summed E-state index contributed by atoms with van der Waals surface area (Å²) < 4.78 is 13.2. The predicted octanol–water partition coefficient (Wildman–Crippen LogP) is 2.15. The molecule has 1 rings (SSSR count). The van der Waals surface area contributed by atoms with Gasteiger partial charge in [-0.1, -0.05) is 13.8 Å². The first-order valence-corrected chi connectivity index (χ1v) is 5.24. The Labute approximate surface area is 89.9 Å². The summed E-state index contributed by atoms with van der Waals surface area (Å²) in [5, 5.41) is 2.94. The van der Waals surface area contributed by atoms with E-state index in [0.717, 1.165) is 12.8 Å². The molecule has 0 aliphatic carbocycles. The average Bonchev–Trinajstić information content (AvgIpc) is 2.28. The molecule has 0 fully saturated rings. The number of hydrogen-bond acceptors (Lipinski definition) is 3. The minimum atomic E-state index is -0.341. The average molecular weight is 211 g/mol. The summed E-state index contributed by atoms with van der Waals surface area (Å²) in [4.78, 5) is 3.91. The Balaban J connectivity index is 2.61. The molecule has 1 aromatic rings. The lowest BCUT2D eigenvalue weighted by atomic mass is 9.94. The molecule has 0 aromatic carbocycles. The zero-order chi connectivity index (χ0) is 11.3. The molecular formula is C11H18FN3. The van der Waals surface area contributed by atoms with Crippen LogP contribution in [0.2, 0.25) is 0 Å². The Hall–Kier alpha value is -1.16. The van der Waals surface area contributed by atoms with Crippen molar-refractivity contribution in [1.29, 1.82) is 0 Å². The smallest absolute Gasteiger partial charge is 0.165 e. The lowest BCUT2D eigenvalue weighted by Crippen LogP contribution is -2.45. The van der Waals surface area contributed by atoms with E-state index in [2.05, 4.69) is 10.3 Å². The van der Waals surface area contributed by atoms with Crippen molar-refractivity contribution >= 4 is 5.82 Å². The van der Waals surface area contributed by atoms with Gasteiger partial charge in [-0.25, -0.2) is 9.37 Å². The van der Waals surface area contributed by atoms with E-state index in [-0.39, 0.29) is 17.2 Å². The summed E-state index contributed by atoms with van der Waals surface area (Å²) in [6, 6.07) is 2.95. The van der Waals surface area contributed by atoms with Gasteiger partial charge < -0.3 is 11.1 Å². The quantitative estimate of drug-likeness (QED) is 0.784. The SMILES string of the molecule is CCC(N)(CC)CNc1ncccc1F. The van der Waals surface area contributed by atoms with E-state index in [1.54, 1.807) is 12.3 Å². The van der Waals surface area contributed by atoms with Gasteiger partial charge in [0.2, 0.25) is 0 Å². The summed E-state index contributed by atoms with van der Waals surface area (Å²) >= 11 is 0. The predicted molar refractivity (Wildman–Crippen MR) is 60.2 cm³/mol. The molecule has 4 heteroatoms. The summed E-state index contributed by atoms with van der Waals surface area (Å²) in [6.45, 7) is 4.59. The monoisotopic (exact) mass is 211 g/mol. The van der Waals surface area contributed by atoms with Crippen LogP contribution in [0.1, 0.15) is 26.7 Å². The molecule has 0 spiro atoms. The van der Waals surface area contributed by atoms with Crippen LogP contribution < -0.4 is 11.1 Å². The number of nitrogens with zero attached hydrogens (tertiary/aromatic N) is 1. The van der Waals surface area contributed by atoms with E-state index in [0.29, 0.717) is 6.54 Å². The number of pyridine rings is 1. The number of nitrogens with one attached hydrogen (secondary N) is 1. The van der Waals surface area contributed by atoms with Crippen LogP contribution in [-0.4, -0.2) is 17.1 Å². The standard InChI is InChI=1S/C11H18FN3/c1-3-11(13,4-2)8-15-10-9(12)6-5-7-14-10/h5-7H,3-4,8,13H2,1-2H3,(H,14,15). The lowest BCUT2D eigenvalue weighted by Gasteiger charge is -2.27. The van der Waals surface area contributed by atoms with Crippen LogP contribution in [0.15, 0.2) is 18.3 Å². The molecule has 3 N–H and O–H groups in total. The normalized spacial score (nSPS) is 11.5. The van der Waals surface area contributed by atoms with Crippen LogP contribution in [0.5, 0.6) is 0 Å². The van der Waals surface area contributed by atoms with E-state index >= 15 is 0 Å². The maximum atomic E-state index is 13.2. The van der Waals surface area contributed by atoms with Gasteiger partial charge in [-0.2, -0.15) is 0 Å². The van der Waals surface area contributed by atoms with E-state index in [1.807, 2.05) is 13.8 Å². The fourth-order valence-electron chi connectivity index (χ4n) is 1.28. The Morgan fingerprint density at radius 1 is 1.47 bits per heavy atom. The number of anilines is 1. The van der Waals surface area contributed by atoms with Crippen LogP contribution in [0.3, 0.4) is 0 Å². The first-order chi connectivity index (χ1) is 7.11. The second-order valence-electron chi connectivity index (χ2n) is 3.76. The lowest BCUT2D eigenvalue weighted by molar-refractivity contribution is 0.417. The largest absolute Gasteiger partial charge is 0.366 e. The number of aromatic nitrogens is 1. The fourth-order valence-corrected chi connectivity index (χ4v) is 1.28. The Bertz CT molecular complexity index is 310. The van der Waals surface area contributed by atoms with Crippen molar-refractivity contribution < 1.29 is 4.39 Å². The Morgan fingerprint density at radius 2 is 2.13 bits per heavy atom. The molecular weight excluding hydrogens is 193 g/mol. The molecule has 1 heterocycles. The highest BCUT2D eigenvalue weighted by atomic mass is 19.1. The number of rotatable bonds is 5. The molecule has 0 aliphatic heterocycles. The molecule has 0 atom stereocenters. The molecule has 0 saturated carbocycles. The van der Waals surface area contributed by atoms with E-state index in [9.17, 15) is 4.39 Å². The van der Waals surface area contributed by atoms with E-state index < -0.39 is 0 Å². The molecule has 0 saturated heterocycles. The summed E-state index contributed by atoms with van der Waals surface area (Å²) in [7, 11) is 0. The van der Waals surface area contributed by atoms with Gasteiger partial charge in [0.1, 0.15) is 0 Å². The second kappa shape index (κ2) is 5.07. The molecule has 0 radical (unpaired) electrons. The van der Waals surface area contributed by atoms with Gasteiger partial charge in [-0.3, -0.25) is 0 Å². The highest BCUT2D eigenvalue weighted by Crippen LogP contribution is 2.14. The van der Waals surface area contributed by atoms with Crippen molar-refractivity contribution in [3.05, 3.63) is 24.1 Å². The van der Waals surface area contributed by atoms with Crippen molar-refractivity contribution in [2.75, 3.05) is 11.9 Å². The first kappa shape index (κ1) is 11.9. The van der Waals surface area contributed by atoms with Gasteiger partial charge in [-0.05, 0) is 25.0 Å². The van der Waals surface area contributed by atoms with Crippen molar-refractivity contribution in [2.24, 2.45) is 5.73 Å². The van der Waals surface area contributed by atoms with Gasteiger partial charge in [0.25, 0.3) is 0 Å². The van der Waals surface area contributed by atoms with Crippen LogP contribution in [-0.2, 0) is 0 Å². The van der Waals surface area contributed by atoms with Crippen molar-refractivity contribution in [3.8, 4) is 0 Å². The van der Waals surface area contributed by atoms with Crippen molar-refractivity contribution in [2.45, 2.75) is 32.2 Å². The molecule has 15 heavy (non-hydrogen) atoms. The maximum Gasteiger partial charge on any atom is 0.165 e. The summed E-state index contributed by atoms with van der Waals surface area (Å²) in [5.74, 6) is -0.0683. The molecule has 84 valence electrons. The Morgan fingerprint density at radius 3 is 2.67 bits per heavy atom. The summed E-state index contributed by atoms with van der Waals surface area (Å²) in [5.41, 5.74) is 5.79. The van der Waals surface area contributed by atoms with Gasteiger partial charge in [0, 0.05) is 18.3 Å². The highest BCUT2D eigenvalue weighted by Gasteiger charge is 2.20. The zero-order valence-electron chi connectivity index (χ0n) is 9.26. The van der Waals surface area contributed by atoms with Crippen LogP contribution in [0.25, 0.3) is 0 Å². The second-order valence-corrected chi connectivity index (χ2v) is 3.76. The Kier molecular flexibility index (Phi) is 4.03. The molecule has 3 nitrogen and oxygen atoms in total. The third kappa shape index (κ3) is 3.16. The number of nitrogens with two attached hydrogens (primary N) is 1. The minimum Gasteiger partial charge on any atom is -0.366 e. The first-order valence-electron chi connectivity index (χ1n) is 5.24. The van der Waals surface area contributed by atoms with Gasteiger partial charge in [-0.15, -0.1) is 0 Å². The van der Waals surface area contributed by atoms with E-state index in [1.165, 1.54) is 6.07 Å². The third-order valence-electron chi connectivity index (χ3n) is 2.77. The number of hydrogen-bond donors (Lipinski definition) is 2. The molecule has 0 aliphatic rings. The third-order valence-corrected chi connectivity index (χ3v) is 2.77. The summed E-state index contributed by atoms with van der Waals surface area (Å²) in [6.07, 6.45) is 3.26. The van der Waals surface area contributed by atoms with E-state index in [4.69, 9.17) is 5.73 Å². The highest BCUT2D eigenvalue weighted by molar-refractivity contribution is 5.35. The van der Waals surface area contributed by atoms with Crippen LogP contribution >= 0.6 is 0 Å². The molecule has 0 unspecified atom stereocenters. The van der Waals surface area contributed by atoms with Crippen molar-refractivity contribution in [3.63, 3.8) is 0 Å². The fraction of sp³-hybridized carbons (Fsp3) is 0.545. The van der Waals surface area contributed by atoms with Gasteiger partial charge >= 0.3 is 0 Å². The van der Waals surface area contributed by atoms with Gasteiger partial charge in [0.05, 0.1) is 0 Å². The topological polar surface area (TPSA) is 50.9 Å².